The fraction of sp³-hybridized carbons (Fsp3) is 0.333. The Hall–Kier alpha value is -2.19. The summed E-state index contributed by atoms with van der Waals surface area (Å²) >= 11 is 0. The van der Waals surface area contributed by atoms with Gasteiger partial charge in [0, 0.05) is 0 Å². The minimum atomic E-state index is -3.38. The van der Waals surface area contributed by atoms with Crippen molar-refractivity contribution in [3.63, 3.8) is 0 Å². The van der Waals surface area contributed by atoms with E-state index in [1.165, 1.54) is 6.92 Å². The number of carbonyl (C=O) groups excluding carboxylic acids is 1. The van der Waals surface area contributed by atoms with E-state index in [-0.39, 0.29) is 6.61 Å². The second-order valence-corrected chi connectivity index (χ2v) is 3.01. The van der Waals surface area contributed by atoms with E-state index in [9.17, 15) is 28.1 Å². The van der Waals surface area contributed by atoms with Gasteiger partial charge in [-0.15, -0.1) is 0 Å². The van der Waals surface area contributed by atoms with E-state index in [0.717, 1.165) is 0 Å². The molecule has 0 aliphatic heterocycles. The second kappa shape index (κ2) is 5.43. The van der Waals surface area contributed by atoms with E-state index >= 15 is 0 Å². The molecule has 0 saturated carbocycles. The quantitative estimate of drug-likeness (QED) is 0.473. The average molecular weight is 264 g/mol. The van der Waals surface area contributed by atoms with Crippen LogP contribution in [0.2, 0.25) is 0 Å². The smallest absolute Gasteiger partial charge is 0.365 e. The number of nitrogens with zero attached hydrogens (tertiary/aromatic N) is 2. The van der Waals surface area contributed by atoms with Crippen molar-refractivity contribution in [1.29, 1.82) is 0 Å². The summed E-state index contributed by atoms with van der Waals surface area (Å²) < 4.78 is 42.7. The Morgan fingerprint density at radius 1 is 1.61 bits per heavy atom. The molecule has 18 heavy (non-hydrogen) atoms. The van der Waals surface area contributed by atoms with Crippen LogP contribution in [0.1, 0.15) is 29.4 Å². The number of rotatable bonds is 4. The summed E-state index contributed by atoms with van der Waals surface area (Å²) in [6, 6.07) is 0.458. The van der Waals surface area contributed by atoms with Crippen LogP contribution >= 0.6 is 0 Å². The highest BCUT2D eigenvalue weighted by atomic mass is 19.3. The number of alkyl halides is 2. The van der Waals surface area contributed by atoms with E-state index in [0.29, 0.717) is 6.07 Å². The fourth-order valence-electron chi connectivity index (χ4n) is 1.13. The van der Waals surface area contributed by atoms with Gasteiger partial charge < -0.3 is 14.9 Å². The van der Waals surface area contributed by atoms with Crippen LogP contribution < -0.4 is 0 Å². The molecular formula is C9H7F3N2O4. The highest BCUT2D eigenvalue weighted by molar-refractivity contribution is 5.90. The molecule has 0 aliphatic carbocycles. The number of esters is 1. The lowest BCUT2D eigenvalue weighted by molar-refractivity contribution is -0.389. The molecule has 0 aliphatic rings. The molecule has 6 nitrogen and oxygen atoms in total. The molecule has 0 fully saturated rings. The number of ether oxygens (including phenoxy) is 1. The molecule has 0 unspecified atom stereocenters. The Morgan fingerprint density at radius 2 is 2.22 bits per heavy atom. The van der Waals surface area contributed by atoms with Crippen LogP contribution in [0.5, 0.6) is 0 Å². The monoisotopic (exact) mass is 264 g/mol. The Kier molecular flexibility index (Phi) is 4.18. The van der Waals surface area contributed by atoms with E-state index in [4.69, 9.17) is 0 Å². The summed E-state index contributed by atoms with van der Waals surface area (Å²) in [6.07, 6.45) is -3.38. The van der Waals surface area contributed by atoms with Gasteiger partial charge in [-0.05, 0) is 16.8 Å². The van der Waals surface area contributed by atoms with Crippen LogP contribution in [0, 0.1) is 15.9 Å². The number of carbonyl (C=O) groups is 1. The number of hydrogen-bond donors (Lipinski definition) is 0. The third-order valence-corrected chi connectivity index (χ3v) is 1.86. The van der Waals surface area contributed by atoms with E-state index in [1.807, 2.05) is 0 Å². The highest BCUT2D eigenvalue weighted by Crippen LogP contribution is 2.26. The van der Waals surface area contributed by atoms with Crippen LogP contribution in [-0.4, -0.2) is 22.5 Å². The van der Waals surface area contributed by atoms with Crippen molar-refractivity contribution in [2.24, 2.45) is 0 Å². The van der Waals surface area contributed by atoms with Crippen molar-refractivity contribution in [1.82, 2.24) is 4.98 Å². The zero-order valence-electron chi connectivity index (χ0n) is 9.02. The van der Waals surface area contributed by atoms with Crippen molar-refractivity contribution in [2.45, 2.75) is 13.3 Å². The normalized spacial score (nSPS) is 10.5. The van der Waals surface area contributed by atoms with Gasteiger partial charge in [0.25, 0.3) is 5.69 Å². The average Bonchev–Trinajstić information content (AvgIpc) is 2.28. The summed E-state index contributed by atoms with van der Waals surface area (Å²) in [4.78, 5) is 23.4. The summed E-state index contributed by atoms with van der Waals surface area (Å²) in [5, 5.41) is 10.4. The van der Waals surface area contributed by atoms with Gasteiger partial charge in [-0.25, -0.2) is 18.0 Å². The standard InChI is InChI=1S/C9H7F3N2O4/c1-2-18-9(15)4-3-5(14(16)17)13-7(6(4)10)8(11)12/h3,8H,2H2,1H3. The summed E-state index contributed by atoms with van der Waals surface area (Å²) in [5.74, 6) is -3.92. The SMILES string of the molecule is CCOC(=O)c1cc([N+](=O)[O-])nc(C(F)F)c1F. The zero-order chi connectivity index (χ0) is 13.9. The molecule has 0 N–H and O–H groups in total. The minimum Gasteiger partial charge on any atom is -0.462 e. The molecule has 0 radical (unpaired) electrons. The molecule has 1 heterocycles. The maximum absolute atomic E-state index is 13.5. The number of halogens is 3. The number of pyridine rings is 1. The van der Waals surface area contributed by atoms with Crippen LogP contribution in [0.15, 0.2) is 6.07 Å². The molecule has 9 heteroatoms. The molecule has 0 bridgehead atoms. The summed E-state index contributed by atoms with van der Waals surface area (Å²) in [5.41, 5.74) is -2.39. The number of nitro groups is 1. The maximum atomic E-state index is 13.5. The Morgan fingerprint density at radius 3 is 2.67 bits per heavy atom. The molecule has 98 valence electrons. The van der Waals surface area contributed by atoms with Crippen molar-refractivity contribution >= 4 is 11.8 Å². The highest BCUT2D eigenvalue weighted by Gasteiger charge is 2.30. The van der Waals surface area contributed by atoms with Gasteiger partial charge in [0.05, 0.1) is 12.7 Å². The Balaban J connectivity index is 3.40. The van der Waals surface area contributed by atoms with Crippen molar-refractivity contribution in [3.05, 3.63) is 33.3 Å². The minimum absolute atomic E-state index is 0.127. The third-order valence-electron chi connectivity index (χ3n) is 1.86. The first kappa shape index (κ1) is 13.9. The molecule has 0 amide bonds. The van der Waals surface area contributed by atoms with Gasteiger partial charge in [0.15, 0.2) is 5.82 Å². The molecular weight excluding hydrogens is 257 g/mol. The van der Waals surface area contributed by atoms with Crippen molar-refractivity contribution in [2.75, 3.05) is 6.61 Å². The zero-order valence-corrected chi connectivity index (χ0v) is 9.02. The van der Waals surface area contributed by atoms with Gasteiger partial charge in [-0.2, -0.15) is 0 Å². The lowest BCUT2D eigenvalue weighted by Gasteiger charge is -2.04. The first-order valence-corrected chi connectivity index (χ1v) is 4.68. The Bertz CT molecular complexity index is 493. The molecule has 0 saturated heterocycles. The van der Waals surface area contributed by atoms with Crippen LogP contribution in [0.3, 0.4) is 0 Å². The lowest BCUT2D eigenvalue weighted by Crippen LogP contribution is -2.12. The van der Waals surface area contributed by atoms with Crippen molar-refractivity contribution < 1.29 is 27.6 Å². The topological polar surface area (TPSA) is 82.3 Å². The molecule has 1 rings (SSSR count). The first-order valence-electron chi connectivity index (χ1n) is 4.68. The fourth-order valence-corrected chi connectivity index (χ4v) is 1.13. The van der Waals surface area contributed by atoms with Gasteiger partial charge in [0.2, 0.25) is 0 Å². The maximum Gasteiger partial charge on any atom is 0.365 e. The van der Waals surface area contributed by atoms with Crippen LogP contribution in [-0.2, 0) is 4.74 Å². The molecule has 0 atom stereocenters. The van der Waals surface area contributed by atoms with E-state index < -0.39 is 40.2 Å². The molecule has 0 aromatic carbocycles. The summed E-state index contributed by atoms with van der Waals surface area (Å²) in [7, 11) is 0. The Labute approximate surface area is 98.5 Å². The third kappa shape index (κ3) is 2.73. The predicted molar refractivity (Wildman–Crippen MR) is 51.8 cm³/mol. The van der Waals surface area contributed by atoms with Crippen LogP contribution in [0.4, 0.5) is 19.0 Å². The van der Waals surface area contributed by atoms with E-state index in [2.05, 4.69) is 9.72 Å². The van der Waals surface area contributed by atoms with Gasteiger partial charge in [0.1, 0.15) is 5.56 Å². The summed E-state index contributed by atoms with van der Waals surface area (Å²) in [6.45, 7) is 1.29. The van der Waals surface area contributed by atoms with Crippen molar-refractivity contribution in [3.8, 4) is 0 Å². The molecule has 1 aromatic heterocycles. The van der Waals surface area contributed by atoms with Gasteiger partial charge in [-0.1, -0.05) is 0 Å². The predicted octanol–water partition coefficient (Wildman–Crippen LogP) is 2.24. The number of aromatic nitrogens is 1. The van der Waals surface area contributed by atoms with Gasteiger partial charge in [-0.3, -0.25) is 0 Å². The number of hydrogen-bond acceptors (Lipinski definition) is 5. The van der Waals surface area contributed by atoms with E-state index in [1.54, 1.807) is 0 Å². The molecule has 0 spiro atoms. The van der Waals surface area contributed by atoms with Crippen LogP contribution in [0.25, 0.3) is 0 Å². The van der Waals surface area contributed by atoms with Gasteiger partial charge >= 0.3 is 18.2 Å². The largest absolute Gasteiger partial charge is 0.462 e. The second-order valence-electron chi connectivity index (χ2n) is 3.01. The lowest BCUT2D eigenvalue weighted by atomic mass is 10.2. The first-order chi connectivity index (χ1) is 8.38. The molecule has 1 aromatic rings.